The summed E-state index contributed by atoms with van der Waals surface area (Å²) in [5.74, 6) is 1.39. The Labute approximate surface area is 128 Å². The minimum atomic E-state index is 0.532. The normalized spacial score (nSPS) is 26.4. The van der Waals surface area contributed by atoms with Gasteiger partial charge in [-0.05, 0) is 37.8 Å². The van der Waals surface area contributed by atoms with Crippen molar-refractivity contribution in [3.63, 3.8) is 0 Å². The Kier molecular flexibility index (Phi) is 5.27. The molecule has 0 aromatic carbocycles. The lowest BCUT2D eigenvalue weighted by Crippen LogP contribution is -2.60. The SMILES string of the molecule is Cc1ccc(C(C)N2CC(C(C)C)NCC2C(C)C)s1. The molecule has 3 atom stereocenters. The molecule has 114 valence electrons. The van der Waals surface area contributed by atoms with Gasteiger partial charge in [0.25, 0.3) is 0 Å². The van der Waals surface area contributed by atoms with E-state index in [0.29, 0.717) is 30.0 Å². The monoisotopic (exact) mass is 294 g/mol. The van der Waals surface area contributed by atoms with Crippen LogP contribution in [-0.2, 0) is 0 Å². The first-order valence-corrected chi connectivity index (χ1v) is 8.77. The van der Waals surface area contributed by atoms with Crippen LogP contribution in [0.5, 0.6) is 0 Å². The van der Waals surface area contributed by atoms with Crippen molar-refractivity contribution in [2.45, 2.75) is 59.7 Å². The van der Waals surface area contributed by atoms with Crippen LogP contribution in [0.15, 0.2) is 12.1 Å². The molecule has 1 N–H and O–H groups in total. The summed E-state index contributed by atoms with van der Waals surface area (Å²) in [5.41, 5.74) is 0. The van der Waals surface area contributed by atoms with Gasteiger partial charge in [-0.1, -0.05) is 27.7 Å². The fraction of sp³-hybridized carbons (Fsp3) is 0.765. The van der Waals surface area contributed by atoms with Crippen LogP contribution in [0.1, 0.15) is 50.4 Å². The summed E-state index contributed by atoms with van der Waals surface area (Å²) in [6.45, 7) is 16.2. The second-order valence-electron chi connectivity index (χ2n) is 6.89. The third-order valence-corrected chi connectivity index (χ3v) is 5.84. The van der Waals surface area contributed by atoms with E-state index in [9.17, 15) is 0 Å². The van der Waals surface area contributed by atoms with E-state index in [-0.39, 0.29) is 0 Å². The van der Waals surface area contributed by atoms with Gasteiger partial charge in [0.15, 0.2) is 0 Å². The second-order valence-corrected chi connectivity index (χ2v) is 8.21. The Bertz CT molecular complexity index is 424. The molecule has 0 bridgehead atoms. The lowest BCUT2D eigenvalue weighted by molar-refractivity contribution is 0.0525. The molecular formula is C17H30N2S. The average molecular weight is 295 g/mol. The maximum Gasteiger partial charge on any atom is 0.0417 e. The molecule has 2 nitrogen and oxygen atoms in total. The molecular weight excluding hydrogens is 264 g/mol. The van der Waals surface area contributed by atoms with E-state index in [1.54, 1.807) is 0 Å². The van der Waals surface area contributed by atoms with Gasteiger partial charge in [0.05, 0.1) is 0 Å². The molecule has 1 aromatic heterocycles. The highest BCUT2D eigenvalue weighted by Crippen LogP contribution is 2.32. The van der Waals surface area contributed by atoms with Crippen LogP contribution in [0.2, 0.25) is 0 Å². The maximum absolute atomic E-state index is 3.75. The second kappa shape index (κ2) is 6.59. The molecule has 0 spiro atoms. The van der Waals surface area contributed by atoms with Crippen LogP contribution in [0, 0.1) is 18.8 Å². The van der Waals surface area contributed by atoms with Gasteiger partial charge in [0, 0.05) is 41.0 Å². The first kappa shape index (κ1) is 16.0. The van der Waals surface area contributed by atoms with E-state index in [4.69, 9.17) is 0 Å². The molecule has 1 aliphatic heterocycles. The van der Waals surface area contributed by atoms with Gasteiger partial charge in [0.1, 0.15) is 0 Å². The topological polar surface area (TPSA) is 15.3 Å². The van der Waals surface area contributed by atoms with E-state index in [0.717, 1.165) is 6.54 Å². The van der Waals surface area contributed by atoms with Gasteiger partial charge in [-0.3, -0.25) is 4.90 Å². The summed E-state index contributed by atoms with van der Waals surface area (Å²) < 4.78 is 0. The molecule has 2 rings (SSSR count). The molecule has 3 heteroatoms. The van der Waals surface area contributed by atoms with Gasteiger partial charge in [0.2, 0.25) is 0 Å². The van der Waals surface area contributed by atoms with Crippen LogP contribution < -0.4 is 5.32 Å². The Balaban J connectivity index is 2.18. The van der Waals surface area contributed by atoms with Gasteiger partial charge < -0.3 is 5.32 Å². The van der Waals surface area contributed by atoms with Crippen molar-refractivity contribution >= 4 is 11.3 Å². The number of rotatable bonds is 4. The lowest BCUT2D eigenvalue weighted by atomic mass is 9.92. The quantitative estimate of drug-likeness (QED) is 0.900. The Hall–Kier alpha value is -0.380. The fourth-order valence-corrected chi connectivity index (χ4v) is 4.12. The van der Waals surface area contributed by atoms with Gasteiger partial charge in [-0.2, -0.15) is 0 Å². The number of hydrogen-bond donors (Lipinski definition) is 1. The molecule has 0 aliphatic carbocycles. The smallest absolute Gasteiger partial charge is 0.0417 e. The lowest BCUT2D eigenvalue weighted by Gasteiger charge is -2.46. The van der Waals surface area contributed by atoms with Crippen molar-refractivity contribution < 1.29 is 0 Å². The summed E-state index contributed by atoms with van der Waals surface area (Å²) in [5, 5.41) is 3.75. The van der Waals surface area contributed by atoms with Gasteiger partial charge >= 0.3 is 0 Å². The molecule has 20 heavy (non-hydrogen) atoms. The van der Waals surface area contributed by atoms with E-state index in [2.05, 4.69) is 63.9 Å². The highest BCUT2D eigenvalue weighted by atomic mass is 32.1. The van der Waals surface area contributed by atoms with Crippen molar-refractivity contribution in [2.75, 3.05) is 13.1 Å². The van der Waals surface area contributed by atoms with Crippen molar-refractivity contribution in [1.82, 2.24) is 10.2 Å². The molecule has 1 aliphatic rings. The first-order chi connectivity index (χ1) is 9.40. The Morgan fingerprint density at radius 1 is 1.15 bits per heavy atom. The summed E-state index contributed by atoms with van der Waals surface area (Å²) >= 11 is 1.95. The minimum Gasteiger partial charge on any atom is -0.311 e. The molecule has 0 saturated carbocycles. The third-order valence-electron chi connectivity index (χ3n) is 4.67. The fourth-order valence-electron chi connectivity index (χ4n) is 3.17. The van der Waals surface area contributed by atoms with Crippen LogP contribution in [0.25, 0.3) is 0 Å². The van der Waals surface area contributed by atoms with E-state index in [1.165, 1.54) is 16.3 Å². The number of nitrogens with zero attached hydrogens (tertiary/aromatic N) is 1. The van der Waals surface area contributed by atoms with Crippen LogP contribution in [-0.4, -0.2) is 30.1 Å². The molecule has 0 radical (unpaired) electrons. The van der Waals surface area contributed by atoms with Gasteiger partial charge in [-0.15, -0.1) is 11.3 Å². The number of hydrogen-bond acceptors (Lipinski definition) is 3. The molecule has 3 unspecified atom stereocenters. The molecule has 2 heterocycles. The predicted molar refractivity (Wildman–Crippen MR) is 89.4 cm³/mol. The number of thiophene rings is 1. The largest absolute Gasteiger partial charge is 0.311 e. The van der Waals surface area contributed by atoms with Crippen LogP contribution >= 0.6 is 11.3 Å². The molecule has 1 aromatic rings. The maximum atomic E-state index is 3.75. The van der Waals surface area contributed by atoms with E-state index < -0.39 is 0 Å². The van der Waals surface area contributed by atoms with Crippen molar-refractivity contribution in [1.29, 1.82) is 0 Å². The number of nitrogens with one attached hydrogen (secondary N) is 1. The number of aryl methyl sites for hydroxylation is 1. The zero-order chi connectivity index (χ0) is 14.9. The predicted octanol–water partition coefficient (Wildman–Crippen LogP) is 4.07. The van der Waals surface area contributed by atoms with Crippen molar-refractivity contribution in [3.8, 4) is 0 Å². The zero-order valence-corrected chi connectivity index (χ0v) is 14.6. The van der Waals surface area contributed by atoms with E-state index in [1.807, 2.05) is 11.3 Å². The summed E-state index contributed by atoms with van der Waals surface area (Å²) in [7, 11) is 0. The van der Waals surface area contributed by atoms with Crippen molar-refractivity contribution in [2.24, 2.45) is 11.8 Å². The van der Waals surface area contributed by atoms with E-state index >= 15 is 0 Å². The third kappa shape index (κ3) is 3.44. The first-order valence-electron chi connectivity index (χ1n) is 7.95. The minimum absolute atomic E-state index is 0.532. The molecule has 1 fully saturated rings. The van der Waals surface area contributed by atoms with Gasteiger partial charge in [-0.25, -0.2) is 0 Å². The highest BCUT2D eigenvalue weighted by molar-refractivity contribution is 7.12. The standard InChI is InChI=1S/C17H30N2S/c1-11(2)15-10-19(16(9-18-15)12(3)4)14(6)17-8-7-13(5)20-17/h7-8,11-12,14-16,18H,9-10H2,1-6H3. The summed E-state index contributed by atoms with van der Waals surface area (Å²) in [6.07, 6.45) is 0. The Morgan fingerprint density at radius 3 is 2.35 bits per heavy atom. The Morgan fingerprint density at radius 2 is 1.85 bits per heavy atom. The highest BCUT2D eigenvalue weighted by Gasteiger charge is 2.34. The zero-order valence-electron chi connectivity index (χ0n) is 13.8. The molecule has 0 amide bonds. The van der Waals surface area contributed by atoms with Crippen LogP contribution in [0.3, 0.4) is 0 Å². The average Bonchev–Trinajstić information content (AvgIpc) is 2.83. The van der Waals surface area contributed by atoms with Crippen LogP contribution in [0.4, 0.5) is 0 Å². The number of piperazine rings is 1. The molecule has 1 saturated heterocycles. The van der Waals surface area contributed by atoms with Crippen molar-refractivity contribution in [3.05, 3.63) is 21.9 Å². The summed E-state index contributed by atoms with van der Waals surface area (Å²) in [6, 6.07) is 6.36. The summed E-state index contributed by atoms with van der Waals surface area (Å²) in [4.78, 5) is 5.66.